The lowest BCUT2D eigenvalue weighted by Crippen LogP contribution is -2.37. The van der Waals surface area contributed by atoms with Crippen molar-refractivity contribution in [3.8, 4) is 0 Å². The molecule has 0 aromatic heterocycles. The monoisotopic (exact) mass is 367 g/mol. The molecule has 0 radical (unpaired) electrons. The van der Waals surface area contributed by atoms with Crippen LogP contribution < -0.4 is 15.5 Å². The molecule has 2 N–H and O–H groups in total. The molecule has 5 heteroatoms. The maximum atomic E-state index is 12.1. The van der Waals surface area contributed by atoms with Crippen molar-refractivity contribution in [2.75, 3.05) is 16.8 Å². The van der Waals surface area contributed by atoms with E-state index in [0.717, 1.165) is 17.8 Å². The molecule has 1 atom stereocenters. The molecule has 1 fully saturated rings. The van der Waals surface area contributed by atoms with Crippen molar-refractivity contribution < 1.29 is 4.79 Å². The van der Waals surface area contributed by atoms with E-state index in [0.29, 0.717) is 17.6 Å². The van der Waals surface area contributed by atoms with E-state index in [4.69, 9.17) is 12.2 Å². The number of piperidine rings is 1. The second-order valence-electron chi connectivity index (χ2n) is 6.75. The molecule has 0 saturated carbocycles. The van der Waals surface area contributed by atoms with E-state index in [1.807, 2.05) is 42.5 Å². The smallest absolute Gasteiger partial charge is 0.230 e. The number of anilines is 2. The van der Waals surface area contributed by atoms with Crippen LogP contribution in [-0.4, -0.2) is 23.6 Å². The van der Waals surface area contributed by atoms with Crippen LogP contribution in [0.5, 0.6) is 0 Å². The fourth-order valence-corrected chi connectivity index (χ4v) is 3.56. The van der Waals surface area contributed by atoms with Crippen molar-refractivity contribution in [2.45, 2.75) is 38.6 Å². The molecule has 1 saturated heterocycles. The third-order valence-electron chi connectivity index (χ3n) is 4.72. The normalized spacial score (nSPS) is 16.8. The lowest BCUT2D eigenvalue weighted by molar-refractivity contribution is -0.119. The van der Waals surface area contributed by atoms with E-state index in [9.17, 15) is 4.79 Å². The molecular formula is C21H25N3OS. The molecule has 1 amide bonds. The van der Waals surface area contributed by atoms with Gasteiger partial charge in [-0.25, -0.2) is 0 Å². The molecule has 3 rings (SSSR count). The molecule has 1 heterocycles. The van der Waals surface area contributed by atoms with Crippen molar-refractivity contribution in [1.29, 1.82) is 0 Å². The molecule has 0 spiro atoms. The van der Waals surface area contributed by atoms with Crippen molar-refractivity contribution in [3.05, 3.63) is 60.2 Å². The van der Waals surface area contributed by atoms with Crippen LogP contribution in [0.3, 0.4) is 0 Å². The van der Waals surface area contributed by atoms with Gasteiger partial charge >= 0.3 is 0 Å². The highest BCUT2D eigenvalue weighted by Gasteiger charge is 2.18. The third kappa shape index (κ3) is 5.05. The van der Waals surface area contributed by atoms with E-state index >= 15 is 0 Å². The number of carbonyl (C=O) groups excluding carboxylic acids is 1. The van der Waals surface area contributed by atoms with E-state index in [1.54, 1.807) is 0 Å². The van der Waals surface area contributed by atoms with Gasteiger partial charge in [-0.3, -0.25) is 4.79 Å². The van der Waals surface area contributed by atoms with Crippen molar-refractivity contribution in [1.82, 2.24) is 5.32 Å². The first-order valence-electron chi connectivity index (χ1n) is 9.13. The molecular weight excluding hydrogens is 342 g/mol. The first-order chi connectivity index (χ1) is 12.6. The highest BCUT2D eigenvalue weighted by atomic mass is 32.1. The minimum absolute atomic E-state index is 0.118. The summed E-state index contributed by atoms with van der Waals surface area (Å²) in [6, 6.07) is 18.4. The van der Waals surface area contributed by atoms with Gasteiger partial charge < -0.3 is 15.5 Å². The highest BCUT2D eigenvalue weighted by molar-refractivity contribution is 7.80. The lowest BCUT2D eigenvalue weighted by atomic mass is 10.0. The first-order valence-corrected chi connectivity index (χ1v) is 9.54. The fourth-order valence-electron chi connectivity index (χ4n) is 3.33. The van der Waals surface area contributed by atoms with E-state index in [2.05, 4.69) is 34.6 Å². The summed E-state index contributed by atoms with van der Waals surface area (Å²) in [5.74, 6) is -0.118. The Labute approximate surface area is 160 Å². The van der Waals surface area contributed by atoms with Crippen LogP contribution in [-0.2, 0) is 11.2 Å². The molecule has 136 valence electrons. The van der Waals surface area contributed by atoms with Gasteiger partial charge in [0.25, 0.3) is 0 Å². The Morgan fingerprint density at radius 1 is 1.12 bits per heavy atom. The van der Waals surface area contributed by atoms with Crippen LogP contribution in [0.15, 0.2) is 54.6 Å². The van der Waals surface area contributed by atoms with Gasteiger partial charge in [0.15, 0.2) is 5.11 Å². The fraction of sp³-hybridized carbons (Fsp3) is 0.333. The number of benzene rings is 2. The maximum absolute atomic E-state index is 12.1. The summed E-state index contributed by atoms with van der Waals surface area (Å²) in [5, 5.41) is 6.14. The molecule has 0 aliphatic carbocycles. The van der Waals surface area contributed by atoms with E-state index < -0.39 is 0 Å². The second kappa shape index (κ2) is 8.81. The topological polar surface area (TPSA) is 44.4 Å². The van der Waals surface area contributed by atoms with Gasteiger partial charge in [-0.2, -0.15) is 0 Å². The average Bonchev–Trinajstić information content (AvgIpc) is 2.63. The minimum atomic E-state index is -0.118. The maximum Gasteiger partial charge on any atom is 0.230 e. The third-order valence-corrected chi connectivity index (χ3v) is 4.92. The zero-order valence-electron chi connectivity index (χ0n) is 15.1. The number of hydrogen-bond acceptors (Lipinski definition) is 3. The minimum Gasteiger partial charge on any atom is -0.369 e. The summed E-state index contributed by atoms with van der Waals surface area (Å²) < 4.78 is 0. The summed E-state index contributed by atoms with van der Waals surface area (Å²) in [6.07, 6.45) is 4.13. The van der Waals surface area contributed by atoms with Crippen LogP contribution in [0, 0.1) is 0 Å². The summed E-state index contributed by atoms with van der Waals surface area (Å²) in [4.78, 5) is 14.5. The number of rotatable bonds is 4. The van der Waals surface area contributed by atoms with E-state index in [1.165, 1.54) is 24.9 Å². The largest absolute Gasteiger partial charge is 0.369 e. The molecule has 26 heavy (non-hydrogen) atoms. The molecule has 1 aliphatic rings. The number of amides is 1. The zero-order valence-corrected chi connectivity index (χ0v) is 15.9. The Hall–Kier alpha value is -2.40. The van der Waals surface area contributed by atoms with Gasteiger partial charge in [-0.1, -0.05) is 30.3 Å². The Bertz CT molecular complexity index is 746. The van der Waals surface area contributed by atoms with Crippen molar-refractivity contribution in [2.24, 2.45) is 0 Å². The average molecular weight is 368 g/mol. The van der Waals surface area contributed by atoms with Crippen molar-refractivity contribution >= 4 is 34.6 Å². The SMILES string of the molecule is C[C@@H]1CCCCN1c1ccc(NC(=S)NC(=O)Cc2ccccc2)cc1. The van der Waals surface area contributed by atoms with Gasteiger partial charge in [-0.15, -0.1) is 0 Å². The standard InChI is InChI=1S/C21H25N3OS/c1-16-7-5-6-14-24(16)19-12-10-18(11-13-19)22-21(26)23-20(25)15-17-8-3-2-4-9-17/h2-4,8-13,16H,5-7,14-15H2,1H3,(H2,22,23,25,26)/t16-/m1/s1. The van der Waals surface area contributed by atoms with Gasteiger partial charge in [0.2, 0.25) is 5.91 Å². The summed E-state index contributed by atoms with van der Waals surface area (Å²) in [5.41, 5.74) is 3.08. The van der Waals surface area contributed by atoms with Gasteiger partial charge in [0, 0.05) is 24.0 Å². The number of nitrogens with zero attached hydrogens (tertiary/aromatic N) is 1. The lowest BCUT2D eigenvalue weighted by Gasteiger charge is -2.35. The Morgan fingerprint density at radius 3 is 2.54 bits per heavy atom. The van der Waals surface area contributed by atoms with Gasteiger partial charge in [0.1, 0.15) is 0 Å². The predicted molar refractivity (Wildman–Crippen MR) is 112 cm³/mol. The number of carbonyl (C=O) groups is 1. The first kappa shape index (κ1) is 18.4. The van der Waals surface area contributed by atoms with Crippen LogP contribution in [0.4, 0.5) is 11.4 Å². The summed E-state index contributed by atoms with van der Waals surface area (Å²) in [7, 11) is 0. The van der Waals surface area contributed by atoms with E-state index in [-0.39, 0.29) is 5.91 Å². The van der Waals surface area contributed by atoms with Gasteiger partial charge in [0.05, 0.1) is 6.42 Å². The van der Waals surface area contributed by atoms with Crippen LogP contribution in [0.2, 0.25) is 0 Å². The molecule has 2 aromatic carbocycles. The molecule has 0 bridgehead atoms. The Kier molecular flexibility index (Phi) is 6.23. The van der Waals surface area contributed by atoms with Crippen LogP contribution in [0.1, 0.15) is 31.7 Å². The highest BCUT2D eigenvalue weighted by Crippen LogP contribution is 2.25. The van der Waals surface area contributed by atoms with Gasteiger partial charge in [-0.05, 0) is 68.2 Å². The molecule has 2 aromatic rings. The number of nitrogens with one attached hydrogen (secondary N) is 2. The predicted octanol–water partition coefficient (Wildman–Crippen LogP) is 4.12. The number of thiocarbonyl (C=S) groups is 1. The second-order valence-corrected chi connectivity index (χ2v) is 7.16. The Morgan fingerprint density at radius 2 is 1.85 bits per heavy atom. The molecule has 4 nitrogen and oxygen atoms in total. The number of hydrogen-bond donors (Lipinski definition) is 2. The quantitative estimate of drug-likeness (QED) is 0.798. The van der Waals surface area contributed by atoms with Crippen LogP contribution in [0.25, 0.3) is 0 Å². The summed E-state index contributed by atoms with van der Waals surface area (Å²) in [6.45, 7) is 3.39. The zero-order chi connectivity index (χ0) is 18.4. The molecule has 0 unspecified atom stereocenters. The Balaban J connectivity index is 1.52. The van der Waals surface area contributed by atoms with Crippen LogP contribution >= 0.6 is 12.2 Å². The van der Waals surface area contributed by atoms with Crippen molar-refractivity contribution in [3.63, 3.8) is 0 Å². The molecule has 1 aliphatic heterocycles. The summed E-state index contributed by atoms with van der Waals surface area (Å²) >= 11 is 5.25.